The zero-order valence-electron chi connectivity index (χ0n) is 6.61. The molecular formula is C8H4F5S. The highest BCUT2D eigenvalue weighted by Crippen LogP contribution is 2.97. The molecule has 0 aromatic heterocycles. The molecule has 1 aromatic carbocycles. The predicted molar refractivity (Wildman–Crippen MR) is 45.3 cm³/mol. The van der Waals surface area contributed by atoms with Crippen LogP contribution in [0.25, 0.3) is 0 Å². The normalized spacial score (nSPS) is 16.1. The standard InChI is InChI=1S/C8H4F5S/c9-14(10,11,12,13)7-6-8-4-2-1-3-5-8/h2-5H. The molecule has 0 amide bonds. The van der Waals surface area contributed by atoms with Gasteiger partial charge in [-0.05, 0) is 24.1 Å². The van der Waals surface area contributed by atoms with Crippen LogP contribution in [-0.4, -0.2) is 0 Å². The smallest absolute Gasteiger partial charge is 0.0873 e. The minimum Gasteiger partial charge on any atom is -0.0873 e. The molecule has 14 heavy (non-hydrogen) atoms. The summed E-state index contributed by atoms with van der Waals surface area (Å²) in [5, 5.41) is 0.112. The van der Waals surface area contributed by atoms with Crippen molar-refractivity contribution < 1.29 is 19.4 Å². The number of rotatable bonds is 0. The van der Waals surface area contributed by atoms with Crippen LogP contribution >= 0.6 is 10.2 Å². The Morgan fingerprint density at radius 2 is 1.50 bits per heavy atom. The molecule has 1 rings (SSSR count). The van der Waals surface area contributed by atoms with Crippen LogP contribution in [0.2, 0.25) is 0 Å². The molecule has 0 heterocycles. The fourth-order valence-electron chi connectivity index (χ4n) is 0.626. The maximum Gasteiger partial charge on any atom is 0.345 e. The highest BCUT2D eigenvalue weighted by molar-refractivity contribution is 8.49. The first-order valence-electron chi connectivity index (χ1n) is 3.30. The maximum atomic E-state index is 11.7. The summed E-state index contributed by atoms with van der Waals surface area (Å²) in [5.41, 5.74) is -0.128. The highest BCUT2D eigenvalue weighted by Gasteiger charge is 2.62. The quantitative estimate of drug-likeness (QED) is 0.462. The summed E-state index contributed by atoms with van der Waals surface area (Å²) in [6.45, 7) is 0. The summed E-state index contributed by atoms with van der Waals surface area (Å²) in [6, 6.07) is 7.42. The van der Waals surface area contributed by atoms with Gasteiger partial charge in [-0.3, -0.25) is 0 Å². The second-order valence-electron chi connectivity index (χ2n) is 2.48. The molecule has 0 bridgehead atoms. The van der Waals surface area contributed by atoms with Crippen LogP contribution in [0.5, 0.6) is 0 Å². The van der Waals surface area contributed by atoms with E-state index in [-0.39, 0.29) is 10.8 Å². The molecule has 0 unspecified atom stereocenters. The molecule has 1 radical (unpaired) electrons. The van der Waals surface area contributed by atoms with Crippen molar-refractivity contribution in [2.45, 2.75) is 0 Å². The van der Waals surface area contributed by atoms with Gasteiger partial charge in [-0.2, -0.15) is 0 Å². The Bertz CT molecular complexity index is 393. The van der Waals surface area contributed by atoms with Crippen LogP contribution in [0.3, 0.4) is 0 Å². The van der Waals surface area contributed by atoms with Crippen LogP contribution in [0, 0.1) is 17.2 Å². The third kappa shape index (κ3) is 4.72. The van der Waals surface area contributed by atoms with Crippen molar-refractivity contribution in [1.29, 1.82) is 0 Å². The Hall–Kier alpha value is -1.22. The Balaban J connectivity index is 3.09. The fraction of sp³-hybridized carbons (Fsp3) is 0. The number of hydrogen-bond acceptors (Lipinski definition) is 0. The van der Waals surface area contributed by atoms with E-state index in [1.165, 1.54) is 18.1 Å². The summed E-state index contributed by atoms with van der Waals surface area (Å²) in [7, 11) is -9.60. The second-order valence-corrected chi connectivity index (χ2v) is 4.63. The summed E-state index contributed by atoms with van der Waals surface area (Å²) in [4.78, 5) is 0. The van der Waals surface area contributed by atoms with Crippen molar-refractivity contribution in [2.75, 3.05) is 0 Å². The number of halogens is 5. The zero-order chi connectivity index (χ0) is 10.9. The number of hydrogen-bond donors (Lipinski definition) is 0. The van der Waals surface area contributed by atoms with Gasteiger partial charge < -0.3 is 0 Å². The van der Waals surface area contributed by atoms with E-state index in [1.807, 2.05) is 0 Å². The average molecular weight is 227 g/mol. The molecule has 0 aliphatic rings. The first-order chi connectivity index (χ1) is 6.05. The average Bonchev–Trinajstić information content (AvgIpc) is 2.00. The molecule has 1 aromatic rings. The minimum atomic E-state index is -9.60. The molecule has 0 aliphatic carbocycles. The molecule has 0 N–H and O–H groups in total. The summed E-state index contributed by atoms with van der Waals surface area (Å²) >= 11 is 0. The molecule has 0 fully saturated rings. The van der Waals surface area contributed by atoms with Crippen molar-refractivity contribution in [1.82, 2.24) is 0 Å². The molecule has 0 saturated heterocycles. The SMILES string of the molecule is FS(F)(F)(F)(F)C#Cc1cc[c]cc1. The molecule has 0 spiro atoms. The Labute approximate surface area is 77.5 Å². The predicted octanol–water partition coefficient (Wildman–Crippen LogP) is 4.09. The van der Waals surface area contributed by atoms with E-state index < -0.39 is 10.2 Å². The zero-order valence-corrected chi connectivity index (χ0v) is 7.42. The summed E-state index contributed by atoms with van der Waals surface area (Å²) < 4.78 is 58.6. The first-order valence-corrected chi connectivity index (χ1v) is 5.25. The fourth-order valence-corrected chi connectivity index (χ4v) is 0.936. The topological polar surface area (TPSA) is 0 Å². The molecule has 6 heteroatoms. The van der Waals surface area contributed by atoms with Crippen LogP contribution in [0.15, 0.2) is 24.3 Å². The van der Waals surface area contributed by atoms with Gasteiger partial charge in [0.1, 0.15) is 0 Å². The molecule has 0 atom stereocenters. The Kier molecular flexibility index (Phi) is 1.88. The molecule has 0 aliphatic heterocycles. The minimum absolute atomic E-state index is 0.112. The van der Waals surface area contributed by atoms with Gasteiger partial charge in [0.2, 0.25) is 0 Å². The molecule has 0 nitrogen and oxygen atoms in total. The van der Waals surface area contributed by atoms with Crippen molar-refractivity contribution in [2.24, 2.45) is 0 Å². The van der Waals surface area contributed by atoms with Gasteiger partial charge in [-0.15, -0.1) is 0 Å². The third-order valence-corrected chi connectivity index (χ3v) is 1.59. The van der Waals surface area contributed by atoms with Gasteiger partial charge in [-0.1, -0.05) is 31.6 Å². The lowest BCUT2D eigenvalue weighted by molar-refractivity contribution is 0.389. The molecule has 0 saturated carbocycles. The van der Waals surface area contributed by atoms with E-state index in [1.54, 1.807) is 0 Å². The summed E-state index contributed by atoms with van der Waals surface area (Å²) in [5.74, 6) is 1.37. The van der Waals surface area contributed by atoms with Crippen molar-refractivity contribution >= 4 is 10.2 Å². The van der Waals surface area contributed by atoms with Gasteiger partial charge in [0, 0.05) is 5.56 Å². The van der Waals surface area contributed by atoms with Gasteiger partial charge >= 0.3 is 10.2 Å². The Morgan fingerprint density at radius 1 is 1.00 bits per heavy atom. The van der Waals surface area contributed by atoms with Gasteiger partial charge in [0.05, 0.1) is 5.25 Å². The van der Waals surface area contributed by atoms with E-state index in [0.717, 1.165) is 12.1 Å². The Morgan fingerprint density at radius 3 is 1.93 bits per heavy atom. The van der Waals surface area contributed by atoms with E-state index in [2.05, 4.69) is 6.07 Å². The van der Waals surface area contributed by atoms with Crippen LogP contribution in [-0.2, 0) is 0 Å². The number of benzene rings is 1. The lowest BCUT2D eigenvalue weighted by Crippen LogP contribution is -1.99. The van der Waals surface area contributed by atoms with E-state index in [4.69, 9.17) is 0 Å². The largest absolute Gasteiger partial charge is 0.345 e. The van der Waals surface area contributed by atoms with E-state index >= 15 is 0 Å². The highest BCUT2D eigenvalue weighted by atomic mass is 32.5. The lowest BCUT2D eigenvalue weighted by atomic mass is 10.2. The van der Waals surface area contributed by atoms with Crippen LogP contribution in [0.4, 0.5) is 19.4 Å². The monoisotopic (exact) mass is 227 g/mol. The van der Waals surface area contributed by atoms with Gasteiger partial charge in [0.25, 0.3) is 0 Å². The van der Waals surface area contributed by atoms with Crippen LogP contribution in [0.1, 0.15) is 5.56 Å². The maximum absolute atomic E-state index is 11.7. The lowest BCUT2D eigenvalue weighted by Gasteiger charge is -2.33. The first kappa shape index (κ1) is 10.9. The van der Waals surface area contributed by atoms with E-state index in [9.17, 15) is 19.4 Å². The van der Waals surface area contributed by atoms with Crippen molar-refractivity contribution in [3.05, 3.63) is 35.9 Å². The third-order valence-electron chi connectivity index (χ3n) is 1.11. The molecule has 77 valence electrons. The second kappa shape index (κ2) is 2.42. The van der Waals surface area contributed by atoms with Gasteiger partial charge in [0.15, 0.2) is 0 Å². The van der Waals surface area contributed by atoms with Crippen molar-refractivity contribution in [3.8, 4) is 11.2 Å². The van der Waals surface area contributed by atoms with E-state index in [0.29, 0.717) is 0 Å². The van der Waals surface area contributed by atoms with Crippen molar-refractivity contribution in [3.63, 3.8) is 0 Å². The van der Waals surface area contributed by atoms with Crippen LogP contribution < -0.4 is 0 Å². The van der Waals surface area contributed by atoms with Gasteiger partial charge in [-0.25, -0.2) is 0 Å². The summed E-state index contributed by atoms with van der Waals surface area (Å²) in [6.07, 6.45) is 0. The molecular weight excluding hydrogens is 223 g/mol.